The van der Waals surface area contributed by atoms with Gasteiger partial charge in [0.1, 0.15) is 0 Å². The van der Waals surface area contributed by atoms with Gasteiger partial charge in [-0.25, -0.2) is 0 Å². The van der Waals surface area contributed by atoms with Gasteiger partial charge in [0.25, 0.3) is 0 Å². The molecule has 0 saturated carbocycles. The zero-order valence-corrected chi connectivity index (χ0v) is 6.85. The molecule has 1 atom stereocenters. The Hall–Kier alpha value is -0.590. The van der Waals surface area contributed by atoms with Gasteiger partial charge in [-0.3, -0.25) is 4.79 Å². The Kier molecular flexibility index (Phi) is 1.67. The highest BCUT2D eigenvalue weighted by Gasteiger charge is 2.25. The van der Waals surface area contributed by atoms with Crippen LogP contribution in [-0.4, -0.2) is 5.78 Å². The fourth-order valence-electron chi connectivity index (χ4n) is 1.43. The molecule has 1 nitrogen and oxygen atoms in total. The number of carbonyl (C=O) groups is 1. The van der Waals surface area contributed by atoms with Crippen molar-refractivity contribution in [1.29, 1.82) is 0 Å². The average molecular weight is 138 g/mol. The molecule has 0 N–H and O–H groups in total. The van der Waals surface area contributed by atoms with Gasteiger partial charge in [-0.15, -0.1) is 0 Å². The van der Waals surface area contributed by atoms with Gasteiger partial charge in [0.15, 0.2) is 5.78 Å². The van der Waals surface area contributed by atoms with Gasteiger partial charge < -0.3 is 0 Å². The molecule has 0 aromatic carbocycles. The summed E-state index contributed by atoms with van der Waals surface area (Å²) in [6.07, 6.45) is 4.71. The lowest BCUT2D eigenvalue weighted by atomic mass is 9.77. The zero-order chi connectivity index (χ0) is 7.78. The Bertz CT molecular complexity index is 177. The van der Waals surface area contributed by atoms with Crippen LogP contribution in [0.1, 0.15) is 27.2 Å². The Balaban J connectivity index is 2.78. The first-order valence-corrected chi connectivity index (χ1v) is 3.74. The molecule has 0 heterocycles. The second-order valence-corrected chi connectivity index (χ2v) is 3.83. The quantitative estimate of drug-likeness (QED) is 0.501. The van der Waals surface area contributed by atoms with Gasteiger partial charge in [-0.2, -0.15) is 0 Å². The molecule has 1 aliphatic carbocycles. The minimum absolute atomic E-state index is 0.222. The molecule has 0 fully saturated rings. The number of hydrogen-bond acceptors (Lipinski definition) is 1. The molecular weight excluding hydrogens is 124 g/mol. The third kappa shape index (κ3) is 1.47. The van der Waals surface area contributed by atoms with Gasteiger partial charge in [-0.1, -0.05) is 26.8 Å². The molecule has 0 radical (unpaired) electrons. The lowest BCUT2D eigenvalue weighted by molar-refractivity contribution is -0.119. The predicted octanol–water partition coefficient (Wildman–Crippen LogP) is 2.18. The van der Waals surface area contributed by atoms with Crippen LogP contribution in [0.5, 0.6) is 0 Å². The van der Waals surface area contributed by atoms with E-state index in [0.717, 1.165) is 6.42 Å². The van der Waals surface area contributed by atoms with Crippen molar-refractivity contribution in [2.45, 2.75) is 27.2 Å². The summed E-state index contributed by atoms with van der Waals surface area (Å²) in [7, 11) is 0. The second kappa shape index (κ2) is 2.22. The lowest BCUT2D eigenvalue weighted by Gasteiger charge is -2.27. The molecule has 0 unspecified atom stereocenters. The Labute approximate surface area is 62.1 Å². The van der Waals surface area contributed by atoms with Gasteiger partial charge >= 0.3 is 0 Å². The van der Waals surface area contributed by atoms with Gasteiger partial charge in [0, 0.05) is 5.92 Å². The van der Waals surface area contributed by atoms with Crippen molar-refractivity contribution >= 4 is 5.78 Å². The van der Waals surface area contributed by atoms with Crippen LogP contribution >= 0.6 is 0 Å². The van der Waals surface area contributed by atoms with Gasteiger partial charge in [0.05, 0.1) is 0 Å². The molecule has 0 aliphatic heterocycles. The maximum atomic E-state index is 11.0. The van der Waals surface area contributed by atoms with Crippen LogP contribution in [0.2, 0.25) is 0 Å². The number of allylic oxidation sites excluding steroid dienone is 2. The number of ketones is 1. The minimum atomic E-state index is 0.222. The van der Waals surface area contributed by atoms with E-state index >= 15 is 0 Å². The molecule has 1 heteroatoms. The summed E-state index contributed by atoms with van der Waals surface area (Å²) in [5.41, 5.74) is 0.229. The van der Waals surface area contributed by atoms with Crippen LogP contribution < -0.4 is 0 Å². The van der Waals surface area contributed by atoms with Gasteiger partial charge in [0.2, 0.25) is 0 Å². The van der Waals surface area contributed by atoms with Crippen molar-refractivity contribution in [3.63, 3.8) is 0 Å². The van der Waals surface area contributed by atoms with E-state index in [2.05, 4.69) is 13.8 Å². The number of hydrogen-bond donors (Lipinski definition) is 0. The summed E-state index contributed by atoms with van der Waals surface area (Å²) in [6, 6.07) is 0. The van der Waals surface area contributed by atoms with E-state index < -0.39 is 0 Å². The van der Waals surface area contributed by atoms with Crippen molar-refractivity contribution in [1.82, 2.24) is 0 Å². The summed E-state index contributed by atoms with van der Waals surface area (Å²) in [5.74, 6) is 0.499. The second-order valence-electron chi connectivity index (χ2n) is 3.83. The maximum Gasteiger partial charge on any atom is 0.158 e. The van der Waals surface area contributed by atoms with Crippen LogP contribution in [0, 0.1) is 11.3 Å². The standard InChI is InChI=1S/C9H14O/c1-7-6-9(2,3)5-4-8(7)10/h4-5,7H,6H2,1-3H3/t7-/m0/s1. The molecule has 0 aromatic heterocycles. The first-order chi connectivity index (χ1) is 4.51. The molecule has 0 saturated heterocycles. The molecular formula is C9H14O. The molecule has 1 rings (SSSR count). The van der Waals surface area contributed by atoms with E-state index in [-0.39, 0.29) is 17.1 Å². The van der Waals surface area contributed by atoms with Crippen LogP contribution in [0.4, 0.5) is 0 Å². The summed E-state index contributed by atoms with van der Waals surface area (Å²) < 4.78 is 0. The fraction of sp³-hybridized carbons (Fsp3) is 0.667. The third-order valence-electron chi connectivity index (χ3n) is 2.02. The molecule has 0 spiro atoms. The highest BCUT2D eigenvalue weighted by atomic mass is 16.1. The molecule has 1 aliphatic rings. The van der Waals surface area contributed by atoms with Gasteiger partial charge in [-0.05, 0) is 17.9 Å². The van der Waals surface area contributed by atoms with E-state index in [9.17, 15) is 4.79 Å². The summed E-state index contributed by atoms with van der Waals surface area (Å²) in [5, 5.41) is 0. The van der Waals surface area contributed by atoms with Crippen LogP contribution in [0.25, 0.3) is 0 Å². The topological polar surface area (TPSA) is 17.1 Å². The smallest absolute Gasteiger partial charge is 0.158 e. The molecule has 0 bridgehead atoms. The lowest BCUT2D eigenvalue weighted by Crippen LogP contribution is -2.23. The van der Waals surface area contributed by atoms with Crippen molar-refractivity contribution in [3.8, 4) is 0 Å². The summed E-state index contributed by atoms with van der Waals surface area (Å²) >= 11 is 0. The predicted molar refractivity (Wildman–Crippen MR) is 41.7 cm³/mol. The van der Waals surface area contributed by atoms with E-state index in [1.165, 1.54) is 0 Å². The SMILES string of the molecule is C[C@H]1CC(C)(C)C=CC1=O. The third-order valence-corrected chi connectivity index (χ3v) is 2.02. The Morgan fingerprint density at radius 1 is 1.60 bits per heavy atom. The highest BCUT2D eigenvalue weighted by molar-refractivity contribution is 5.92. The van der Waals surface area contributed by atoms with E-state index in [1.54, 1.807) is 6.08 Å². The largest absolute Gasteiger partial charge is 0.295 e. The molecule has 56 valence electrons. The first-order valence-electron chi connectivity index (χ1n) is 3.74. The molecule has 0 amide bonds. The first kappa shape index (κ1) is 7.52. The van der Waals surface area contributed by atoms with Crippen LogP contribution in [0.15, 0.2) is 12.2 Å². The van der Waals surface area contributed by atoms with Crippen molar-refractivity contribution < 1.29 is 4.79 Å². The van der Waals surface area contributed by atoms with Crippen molar-refractivity contribution in [2.24, 2.45) is 11.3 Å². The fourth-order valence-corrected chi connectivity index (χ4v) is 1.43. The Morgan fingerprint density at radius 2 is 2.20 bits per heavy atom. The highest BCUT2D eigenvalue weighted by Crippen LogP contribution is 2.31. The summed E-state index contributed by atoms with van der Waals surface area (Å²) in [6.45, 7) is 6.31. The Morgan fingerprint density at radius 3 is 2.60 bits per heavy atom. The molecule has 10 heavy (non-hydrogen) atoms. The van der Waals surface area contributed by atoms with Crippen LogP contribution in [0.3, 0.4) is 0 Å². The number of carbonyl (C=O) groups excluding carboxylic acids is 1. The van der Waals surface area contributed by atoms with E-state index in [0.29, 0.717) is 0 Å². The average Bonchev–Trinajstić information content (AvgIpc) is 1.79. The molecule has 0 aromatic rings. The minimum Gasteiger partial charge on any atom is -0.295 e. The van der Waals surface area contributed by atoms with E-state index in [4.69, 9.17) is 0 Å². The van der Waals surface area contributed by atoms with Crippen LogP contribution in [-0.2, 0) is 4.79 Å². The maximum absolute atomic E-state index is 11.0. The van der Waals surface area contributed by atoms with Crippen molar-refractivity contribution in [2.75, 3.05) is 0 Å². The number of rotatable bonds is 0. The normalized spacial score (nSPS) is 30.7. The van der Waals surface area contributed by atoms with Crippen molar-refractivity contribution in [3.05, 3.63) is 12.2 Å². The zero-order valence-electron chi connectivity index (χ0n) is 6.85. The monoisotopic (exact) mass is 138 g/mol. The summed E-state index contributed by atoms with van der Waals surface area (Å²) in [4.78, 5) is 11.0. The van der Waals surface area contributed by atoms with E-state index in [1.807, 2.05) is 13.0 Å².